The van der Waals surface area contributed by atoms with Gasteiger partial charge in [0, 0.05) is 17.7 Å². The number of furan rings is 1. The first-order valence-electron chi connectivity index (χ1n) is 13.1. The molecule has 4 aliphatic rings. The van der Waals surface area contributed by atoms with Gasteiger partial charge in [-0.1, -0.05) is 66.2 Å². The van der Waals surface area contributed by atoms with Crippen molar-refractivity contribution < 1.29 is 14.0 Å². The van der Waals surface area contributed by atoms with E-state index in [1.165, 1.54) is 4.90 Å². The number of carbonyl (C=O) groups excluding carboxylic acids is 2. The molecule has 39 heavy (non-hydrogen) atoms. The Labute approximate surface area is 226 Å². The summed E-state index contributed by atoms with van der Waals surface area (Å²) in [6.45, 7) is 5.61. The summed E-state index contributed by atoms with van der Waals surface area (Å²) in [6.07, 6.45) is 1.76. The summed E-state index contributed by atoms with van der Waals surface area (Å²) in [5.74, 6) is -1.09. The van der Waals surface area contributed by atoms with Crippen LogP contribution in [0.4, 0.5) is 11.6 Å². The van der Waals surface area contributed by atoms with Gasteiger partial charge in [0.25, 0.3) is 0 Å². The fourth-order valence-electron chi connectivity index (χ4n) is 6.99. The Hall–Kier alpha value is -4.76. The SMILES string of the molecule is Cc1ccc(N2C(=O)[C@@H]3C4c5ccccc5C(C=Nc5oc(C)c(C)c5C#N)(c5ccccc54)[C@@H]3C2=O)cc1. The van der Waals surface area contributed by atoms with Crippen LogP contribution < -0.4 is 4.90 Å². The summed E-state index contributed by atoms with van der Waals surface area (Å²) in [6, 6.07) is 25.8. The summed E-state index contributed by atoms with van der Waals surface area (Å²) in [5.41, 5.74) is 5.72. The van der Waals surface area contributed by atoms with Gasteiger partial charge < -0.3 is 4.42 Å². The average molecular weight is 512 g/mol. The zero-order chi connectivity index (χ0) is 27.1. The molecule has 6 heteroatoms. The van der Waals surface area contributed by atoms with Gasteiger partial charge in [-0.05, 0) is 55.2 Å². The molecule has 3 aromatic carbocycles. The summed E-state index contributed by atoms with van der Waals surface area (Å²) < 4.78 is 5.88. The Balaban J connectivity index is 1.51. The molecule has 8 rings (SSSR count). The summed E-state index contributed by atoms with van der Waals surface area (Å²) in [5, 5.41) is 9.81. The molecule has 2 bridgehead atoms. The topological polar surface area (TPSA) is 86.7 Å². The van der Waals surface area contributed by atoms with Gasteiger partial charge >= 0.3 is 0 Å². The highest BCUT2D eigenvalue weighted by atomic mass is 16.4. The van der Waals surface area contributed by atoms with E-state index in [1.807, 2.05) is 74.5 Å². The van der Waals surface area contributed by atoms with E-state index in [-0.39, 0.29) is 23.6 Å². The van der Waals surface area contributed by atoms with Crippen molar-refractivity contribution in [3.8, 4) is 6.07 Å². The lowest BCUT2D eigenvalue weighted by molar-refractivity contribution is -0.122. The summed E-state index contributed by atoms with van der Waals surface area (Å²) in [7, 11) is 0. The van der Waals surface area contributed by atoms with Crippen molar-refractivity contribution in [1.82, 2.24) is 0 Å². The highest BCUT2D eigenvalue weighted by Crippen LogP contribution is 2.63. The maximum Gasteiger partial charge on any atom is 0.239 e. The van der Waals surface area contributed by atoms with E-state index in [2.05, 4.69) is 18.2 Å². The molecule has 0 radical (unpaired) electrons. The number of anilines is 1. The number of hydrogen-bond donors (Lipinski definition) is 0. The minimum absolute atomic E-state index is 0.192. The number of nitrogens with zero attached hydrogens (tertiary/aromatic N) is 3. The van der Waals surface area contributed by atoms with E-state index < -0.39 is 17.3 Å². The number of imide groups is 1. The van der Waals surface area contributed by atoms with Crippen molar-refractivity contribution in [1.29, 1.82) is 5.26 Å². The van der Waals surface area contributed by atoms with E-state index in [9.17, 15) is 14.9 Å². The number of benzene rings is 3. The standard InChI is InChI=1S/C33H25N3O3/c1-18-12-14-21(15-13-18)36-31(37)28-27-22-8-4-6-10-25(22)33(29(28)32(36)38,26-11-7-5-9-23(26)27)17-35-30-24(16-34)19(2)20(3)39-30/h4-15,17,27-29H,1-3H3/t27?,28-,29+,33?/m1/s1. The second-order valence-electron chi connectivity index (χ2n) is 10.7. The smallest absolute Gasteiger partial charge is 0.239 e. The normalized spacial score (nSPS) is 24.6. The fraction of sp³-hybridized carbons (Fsp3) is 0.212. The molecule has 4 aromatic rings. The Morgan fingerprint density at radius 1 is 0.897 bits per heavy atom. The quantitative estimate of drug-likeness (QED) is 0.248. The fourth-order valence-corrected chi connectivity index (χ4v) is 6.99. The molecular formula is C33H25N3O3. The lowest BCUT2D eigenvalue weighted by Crippen LogP contribution is -2.54. The Bertz CT molecular complexity index is 1730. The van der Waals surface area contributed by atoms with Crippen LogP contribution in [0.25, 0.3) is 0 Å². The zero-order valence-electron chi connectivity index (χ0n) is 21.8. The van der Waals surface area contributed by atoms with Crippen LogP contribution in [0.1, 0.15) is 50.6 Å². The van der Waals surface area contributed by atoms with E-state index in [0.29, 0.717) is 17.0 Å². The van der Waals surface area contributed by atoms with Crippen LogP contribution in [-0.2, 0) is 15.0 Å². The molecule has 1 aromatic heterocycles. The third-order valence-electron chi connectivity index (χ3n) is 8.84. The highest BCUT2D eigenvalue weighted by Gasteiger charge is 2.68. The monoisotopic (exact) mass is 511 g/mol. The molecule has 6 nitrogen and oxygen atoms in total. The highest BCUT2D eigenvalue weighted by molar-refractivity contribution is 6.25. The second kappa shape index (κ2) is 8.12. The van der Waals surface area contributed by atoms with Crippen molar-refractivity contribution in [3.05, 3.63) is 118 Å². The minimum Gasteiger partial charge on any atom is -0.442 e. The molecule has 0 saturated carbocycles. The first kappa shape index (κ1) is 23.4. The molecule has 1 saturated heterocycles. The van der Waals surface area contributed by atoms with Crippen LogP contribution in [0.3, 0.4) is 0 Å². The third-order valence-corrected chi connectivity index (χ3v) is 8.84. The lowest BCUT2D eigenvalue weighted by Gasteiger charge is -2.52. The van der Waals surface area contributed by atoms with Crippen molar-refractivity contribution in [2.75, 3.05) is 4.90 Å². The zero-order valence-corrected chi connectivity index (χ0v) is 21.8. The first-order valence-corrected chi connectivity index (χ1v) is 13.1. The average Bonchev–Trinajstić information content (AvgIpc) is 3.39. The van der Waals surface area contributed by atoms with Crippen LogP contribution in [0.2, 0.25) is 0 Å². The number of rotatable bonds is 3. The first-order chi connectivity index (χ1) is 18.9. The molecule has 190 valence electrons. The maximum atomic E-state index is 14.4. The van der Waals surface area contributed by atoms with Crippen molar-refractivity contribution in [3.63, 3.8) is 0 Å². The minimum atomic E-state index is -1.01. The van der Waals surface area contributed by atoms with Crippen molar-refractivity contribution in [2.45, 2.75) is 32.1 Å². The van der Waals surface area contributed by atoms with Crippen LogP contribution in [0.15, 0.2) is 82.2 Å². The molecule has 1 aliphatic heterocycles. The van der Waals surface area contributed by atoms with Crippen LogP contribution in [0.5, 0.6) is 0 Å². The Kier molecular flexibility index (Phi) is 4.86. The molecule has 2 heterocycles. The summed E-state index contributed by atoms with van der Waals surface area (Å²) >= 11 is 0. The van der Waals surface area contributed by atoms with Crippen LogP contribution in [0, 0.1) is 43.9 Å². The van der Waals surface area contributed by atoms with Crippen LogP contribution >= 0.6 is 0 Å². The van der Waals surface area contributed by atoms with E-state index in [4.69, 9.17) is 9.41 Å². The van der Waals surface area contributed by atoms with Crippen molar-refractivity contribution >= 4 is 29.6 Å². The van der Waals surface area contributed by atoms with Gasteiger partial charge in [0.2, 0.25) is 17.7 Å². The lowest BCUT2D eigenvalue weighted by atomic mass is 9.47. The Morgan fingerprint density at radius 3 is 2.13 bits per heavy atom. The van der Waals surface area contributed by atoms with Gasteiger partial charge in [0.05, 0.1) is 22.9 Å². The van der Waals surface area contributed by atoms with E-state index in [0.717, 1.165) is 33.4 Å². The van der Waals surface area contributed by atoms with Gasteiger partial charge in [0.15, 0.2) is 0 Å². The number of amides is 2. The van der Waals surface area contributed by atoms with Gasteiger partial charge in [-0.15, -0.1) is 0 Å². The molecule has 0 spiro atoms. The summed E-state index contributed by atoms with van der Waals surface area (Å²) in [4.78, 5) is 34.8. The van der Waals surface area contributed by atoms with Gasteiger partial charge in [-0.25, -0.2) is 9.89 Å². The molecule has 0 unspecified atom stereocenters. The number of hydrogen-bond acceptors (Lipinski definition) is 5. The second-order valence-corrected chi connectivity index (χ2v) is 10.7. The molecule has 0 N–H and O–H groups in total. The van der Waals surface area contributed by atoms with E-state index >= 15 is 0 Å². The maximum absolute atomic E-state index is 14.4. The predicted octanol–water partition coefficient (Wildman–Crippen LogP) is 6.03. The molecule has 1 fully saturated rings. The van der Waals surface area contributed by atoms with Gasteiger partial charge in [0.1, 0.15) is 17.4 Å². The molecule has 2 amide bonds. The Morgan fingerprint density at radius 2 is 1.51 bits per heavy atom. The number of aliphatic imine (C=N–C) groups is 1. The van der Waals surface area contributed by atoms with E-state index in [1.54, 1.807) is 13.1 Å². The molecule has 2 atom stereocenters. The largest absolute Gasteiger partial charge is 0.442 e. The third kappa shape index (κ3) is 2.93. The number of aryl methyl sites for hydroxylation is 2. The molecular weight excluding hydrogens is 486 g/mol. The van der Waals surface area contributed by atoms with Gasteiger partial charge in [-0.3, -0.25) is 9.59 Å². The number of nitriles is 1. The number of carbonyl (C=O) groups is 2. The van der Waals surface area contributed by atoms with Gasteiger partial charge in [-0.2, -0.15) is 5.26 Å². The van der Waals surface area contributed by atoms with Crippen molar-refractivity contribution in [2.24, 2.45) is 16.8 Å². The van der Waals surface area contributed by atoms with Crippen LogP contribution in [-0.4, -0.2) is 18.0 Å². The predicted molar refractivity (Wildman–Crippen MR) is 147 cm³/mol. The molecule has 3 aliphatic carbocycles.